The van der Waals surface area contributed by atoms with Gasteiger partial charge < -0.3 is 11.1 Å². The Morgan fingerprint density at radius 3 is 2.56 bits per heavy atom. The second kappa shape index (κ2) is 5.44. The molecule has 7 heteroatoms. The average Bonchev–Trinajstić information content (AvgIpc) is 2.57. The summed E-state index contributed by atoms with van der Waals surface area (Å²) in [5.41, 5.74) is 4.65. The van der Waals surface area contributed by atoms with E-state index in [4.69, 9.17) is 5.73 Å². The van der Waals surface area contributed by atoms with Crippen LogP contribution in [0.1, 0.15) is 20.3 Å². The molecular formula is C11H20F3N3O. The van der Waals surface area contributed by atoms with Crippen molar-refractivity contribution in [2.75, 3.05) is 26.2 Å². The van der Waals surface area contributed by atoms with Crippen molar-refractivity contribution in [1.29, 1.82) is 0 Å². The maximum atomic E-state index is 12.2. The van der Waals surface area contributed by atoms with E-state index in [9.17, 15) is 18.0 Å². The largest absolute Gasteiger partial charge is 0.401 e. The summed E-state index contributed by atoms with van der Waals surface area (Å²) in [6.45, 7) is 3.48. The summed E-state index contributed by atoms with van der Waals surface area (Å²) >= 11 is 0. The van der Waals surface area contributed by atoms with E-state index in [1.807, 2.05) is 0 Å². The highest BCUT2D eigenvalue weighted by Gasteiger charge is 2.34. The number of nitrogens with two attached hydrogens (primary N) is 1. The Hall–Kier alpha value is -0.820. The van der Waals surface area contributed by atoms with Crippen LogP contribution in [0.2, 0.25) is 0 Å². The minimum atomic E-state index is -4.16. The van der Waals surface area contributed by atoms with Crippen molar-refractivity contribution in [1.82, 2.24) is 10.2 Å². The number of rotatable bonds is 4. The molecule has 0 bridgehead atoms. The molecule has 3 N–H and O–H groups in total. The molecule has 0 saturated carbocycles. The van der Waals surface area contributed by atoms with Gasteiger partial charge in [0.1, 0.15) is 0 Å². The van der Waals surface area contributed by atoms with Gasteiger partial charge in [0.15, 0.2) is 0 Å². The Kier molecular flexibility index (Phi) is 4.61. The van der Waals surface area contributed by atoms with E-state index in [2.05, 4.69) is 5.32 Å². The highest BCUT2D eigenvalue weighted by molar-refractivity contribution is 5.84. The van der Waals surface area contributed by atoms with Crippen LogP contribution in [0.5, 0.6) is 0 Å². The van der Waals surface area contributed by atoms with E-state index >= 15 is 0 Å². The quantitative estimate of drug-likeness (QED) is 0.789. The van der Waals surface area contributed by atoms with Crippen LogP contribution in [0.25, 0.3) is 0 Å². The van der Waals surface area contributed by atoms with E-state index in [0.29, 0.717) is 26.1 Å². The number of carbonyl (C=O) groups excluding carboxylic acids is 1. The predicted octanol–water partition coefficient (Wildman–Crippen LogP) is 0.724. The van der Waals surface area contributed by atoms with Gasteiger partial charge >= 0.3 is 6.18 Å². The monoisotopic (exact) mass is 267 g/mol. The normalized spacial score (nSPS) is 22.2. The van der Waals surface area contributed by atoms with Crippen molar-refractivity contribution in [2.45, 2.75) is 32.0 Å². The average molecular weight is 267 g/mol. The molecular weight excluding hydrogens is 247 g/mol. The minimum Gasteiger partial charge on any atom is -0.354 e. The third kappa shape index (κ3) is 5.22. The number of alkyl halides is 3. The molecule has 1 atom stereocenters. The third-order valence-electron chi connectivity index (χ3n) is 2.91. The molecule has 0 spiro atoms. The van der Waals surface area contributed by atoms with Crippen LogP contribution in [-0.4, -0.2) is 48.7 Å². The van der Waals surface area contributed by atoms with Crippen molar-refractivity contribution < 1.29 is 18.0 Å². The van der Waals surface area contributed by atoms with E-state index in [0.717, 1.165) is 0 Å². The van der Waals surface area contributed by atoms with Gasteiger partial charge in [0.25, 0.3) is 0 Å². The fourth-order valence-electron chi connectivity index (χ4n) is 1.94. The van der Waals surface area contributed by atoms with Gasteiger partial charge in [0, 0.05) is 13.1 Å². The van der Waals surface area contributed by atoms with E-state index in [-0.39, 0.29) is 11.8 Å². The molecule has 1 aliphatic heterocycles. The summed E-state index contributed by atoms with van der Waals surface area (Å²) in [5.74, 6) is -0.213. The molecule has 0 aliphatic carbocycles. The number of amides is 1. The van der Waals surface area contributed by atoms with Crippen LogP contribution < -0.4 is 11.1 Å². The van der Waals surface area contributed by atoms with Gasteiger partial charge in [0.05, 0.1) is 12.1 Å². The van der Waals surface area contributed by atoms with Gasteiger partial charge in [-0.3, -0.25) is 9.69 Å². The number of carbonyl (C=O) groups is 1. The zero-order valence-corrected chi connectivity index (χ0v) is 10.7. The molecule has 1 unspecified atom stereocenters. The molecule has 0 aromatic heterocycles. The summed E-state index contributed by atoms with van der Waals surface area (Å²) in [6, 6.07) is 0. The molecule has 18 heavy (non-hydrogen) atoms. The summed E-state index contributed by atoms with van der Waals surface area (Å²) in [6.07, 6.45) is -3.49. The van der Waals surface area contributed by atoms with Crippen molar-refractivity contribution in [3.63, 3.8) is 0 Å². The highest BCUT2D eigenvalue weighted by Crippen LogP contribution is 2.22. The molecule has 1 rings (SSSR count). The van der Waals surface area contributed by atoms with E-state index < -0.39 is 18.3 Å². The summed E-state index contributed by atoms with van der Waals surface area (Å²) in [4.78, 5) is 12.9. The summed E-state index contributed by atoms with van der Waals surface area (Å²) in [7, 11) is 0. The van der Waals surface area contributed by atoms with Crippen molar-refractivity contribution in [3.8, 4) is 0 Å². The molecule has 1 saturated heterocycles. The number of hydrogen-bond donors (Lipinski definition) is 2. The number of halogens is 3. The van der Waals surface area contributed by atoms with Gasteiger partial charge in [-0.1, -0.05) is 0 Å². The summed E-state index contributed by atoms with van der Waals surface area (Å²) in [5, 5.41) is 2.68. The first-order chi connectivity index (χ1) is 8.08. The van der Waals surface area contributed by atoms with E-state index in [1.54, 1.807) is 13.8 Å². The molecule has 1 aliphatic rings. The third-order valence-corrected chi connectivity index (χ3v) is 2.91. The minimum absolute atomic E-state index is 0.0682. The molecule has 0 radical (unpaired) electrons. The molecule has 4 nitrogen and oxygen atoms in total. The number of nitrogens with zero attached hydrogens (tertiary/aromatic N) is 1. The first-order valence-corrected chi connectivity index (χ1v) is 5.94. The Bertz CT molecular complexity index is 299. The maximum Gasteiger partial charge on any atom is 0.401 e. The Morgan fingerprint density at radius 2 is 2.06 bits per heavy atom. The molecule has 1 heterocycles. The van der Waals surface area contributed by atoms with Gasteiger partial charge in [-0.05, 0) is 32.7 Å². The molecule has 0 aromatic rings. The van der Waals surface area contributed by atoms with Crippen LogP contribution in [-0.2, 0) is 4.79 Å². The fraction of sp³-hybridized carbons (Fsp3) is 0.909. The fourth-order valence-corrected chi connectivity index (χ4v) is 1.94. The van der Waals surface area contributed by atoms with Crippen molar-refractivity contribution >= 4 is 5.91 Å². The predicted molar refractivity (Wildman–Crippen MR) is 61.9 cm³/mol. The standard InChI is InChI=1S/C11H20F3N3O/c1-10(2,15)9(18)16-5-8-3-4-17(6-8)7-11(12,13)14/h8H,3-7,15H2,1-2H3,(H,16,18). The lowest BCUT2D eigenvalue weighted by Gasteiger charge is -2.20. The van der Waals surface area contributed by atoms with E-state index in [1.165, 1.54) is 4.90 Å². The lowest BCUT2D eigenvalue weighted by atomic mass is 10.1. The van der Waals surface area contributed by atoms with Gasteiger partial charge in [-0.2, -0.15) is 13.2 Å². The SMILES string of the molecule is CC(C)(N)C(=O)NCC1CCN(CC(F)(F)F)C1. The van der Waals surface area contributed by atoms with Crippen LogP contribution in [0, 0.1) is 5.92 Å². The molecule has 106 valence electrons. The lowest BCUT2D eigenvalue weighted by Crippen LogP contribution is -2.50. The summed E-state index contributed by atoms with van der Waals surface area (Å²) < 4.78 is 36.5. The topological polar surface area (TPSA) is 58.4 Å². The Balaban J connectivity index is 2.29. The van der Waals surface area contributed by atoms with Crippen LogP contribution >= 0.6 is 0 Å². The molecule has 0 aromatic carbocycles. The van der Waals surface area contributed by atoms with Gasteiger partial charge in [-0.25, -0.2) is 0 Å². The van der Waals surface area contributed by atoms with Crippen LogP contribution in [0.4, 0.5) is 13.2 Å². The van der Waals surface area contributed by atoms with Crippen LogP contribution in [0.15, 0.2) is 0 Å². The zero-order valence-electron chi connectivity index (χ0n) is 10.7. The van der Waals surface area contributed by atoms with Crippen molar-refractivity contribution in [2.24, 2.45) is 11.7 Å². The maximum absolute atomic E-state index is 12.2. The number of hydrogen-bond acceptors (Lipinski definition) is 3. The highest BCUT2D eigenvalue weighted by atomic mass is 19.4. The van der Waals surface area contributed by atoms with Crippen molar-refractivity contribution in [3.05, 3.63) is 0 Å². The van der Waals surface area contributed by atoms with Crippen LogP contribution in [0.3, 0.4) is 0 Å². The smallest absolute Gasteiger partial charge is 0.354 e. The Morgan fingerprint density at radius 1 is 1.44 bits per heavy atom. The number of likely N-dealkylation sites (tertiary alicyclic amines) is 1. The Labute approximate surface area is 105 Å². The second-order valence-electron chi connectivity index (χ2n) is 5.44. The van der Waals surface area contributed by atoms with Gasteiger partial charge in [0.2, 0.25) is 5.91 Å². The lowest BCUT2D eigenvalue weighted by molar-refractivity contribution is -0.143. The second-order valence-corrected chi connectivity index (χ2v) is 5.44. The first kappa shape index (κ1) is 15.2. The first-order valence-electron chi connectivity index (χ1n) is 5.94. The molecule has 1 fully saturated rings. The zero-order chi connectivity index (χ0) is 14.0. The number of nitrogens with one attached hydrogen (secondary N) is 1. The molecule has 1 amide bonds. The van der Waals surface area contributed by atoms with Gasteiger partial charge in [-0.15, -0.1) is 0 Å².